The summed E-state index contributed by atoms with van der Waals surface area (Å²) >= 11 is 4.40. The van der Waals surface area contributed by atoms with Gasteiger partial charge in [0, 0.05) is 21.6 Å². The van der Waals surface area contributed by atoms with Crippen LogP contribution in [0.2, 0.25) is 0 Å². The van der Waals surface area contributed by atoms with Gasteiger partial charge >= 0.3 is 4.87 Å². The number of hydrogen-bond acceptors (Lipinski definition) is 3. The van der Waals surface area contributed by atoms with E-state index in [0.29, 0.717) is 5.56 Å². The molecule has 0 fully saturated rings. The highest BCUT2D eigenvalue weighted by atomic mass is 79.9. The molecule has 0 aliphatic rings. The average molecular weight is 298 g/mol. The third kappa shape index (κ3) is 2.31. The monoisotopic (exact) mass is 297 g/mol. The van der Waals surface area contributed by atoms with E-state index in [0.717, 1.165) is 15.8 Å². The van der Waals surface area contributed by atoms with Gasteiger partial charge in [-0.15, -0.1) is 0 Å². The van der Waals surface area contributed by atoms with Gasteiger partial charge in [0.25, 0.3) is 0 Å². The summed E-state index contributed by atoms with van der Waals surface area (Å²) in [4.78, 5) is 23.1. The Morgan fingerprint density at radius 3 is 2.75 bits per heavy atom. The Kier molecular flexibility index (Phi) is 3.36. The largest absolute Gasteiger partial charge is 0.307 e. The highest BCUT2D eigenvalue weighted by Gasteiger charge is 2.10. The minimum atomic E-state index is -0.111. The van der Waals surface area contributed by atoms with Gasteiger partial charge in [-0.2, -0.15) is 0 Å². The second-order valence-corrected chi connectivity index (χ2v) is 4.91. The highest BCUT2D eigenvalue weighted by Crippen LogP contribution is 2.16. The fourth-order valence-electron chi connectivity index (χ4n) is 1.34. The van der Waals surface area contributed by atoms with Gasteiger partial charge in [-0.1, -0.05) is 45.5 Å². The van der Waals surface area contributed by atoms with Crippen molar-refractivity contribution >= 4 is 33.0 Å². The Balaban J connectivity index is 2.25. The molecule has 0 unspecified atom stereocenters. The number of aromatic nitrogens is 1. The average Bonchev–Trinajstić information content (AvgIpc) is 2.65. The van der Waals surface area contributed by atoms with Crippen molar-refractivity contribution in [2.75, 3.05) is 0 Å². The third-order valence-electron chi connectivity index (χ3n) is 2.13. The first-order valence-corrected chi connectivity index (χ1v) is 6.27. The number of hydrogen-bond donors (Lipinski definition) is 0. The highest BCUT2D eigenvalue weighted by molar-refractivity contribution is 9.10. The smallest absolute Gasteiger partial charge is 0.298 e. The number of rotatable bonds is 3. The molecule has 0 spiro atoms. The van der Waals surface area contributed by atoms with E-state index >= 15 is 0 Å². The molecule has 0 atom stereocenters. The zero-order valence-corrected chi connectivity index (χ0v) is 10.6. The molecule has 0 radical (unpaired) electrons. The molecular formula is C11H8BrNO2S. The summed E-state index contributed by atoms with van der Waals surface area (Å²) in [7, 11) is 0. The van der Waals surface area contributed by atoms with Crippen molar-refractivity contribution in [3.8, 4) is 0 Å². The van der Waals surface area contributed by atoms with Gasteiger partial charge in [0.15, 0.2) is 5.78 Å². The third-order valence-corrected chi connectivity index (χ3v) is 3.52. The van der Waals surface area contributed by atoms with Crippen LogP contribution in [-0.2, 0) is 6.54 Å². The lowest BCUT2D eigenvalue weighted by molar-refractivity contribution is 0.0970. The fraction of sp³-hybridized carbons (Fsp3) is 0.0909. The van der Waals surface area contributed by atoms with E-state index in [1.807, 2.05) is 12.1 Å². The summed E-state index contributed by atoms with van der Waals surface area (Å²) in [6, 6.07) is 7.19. The molecule has 2 aromatic rings. The molecular weight excluding hydrogens is 290 g/mol. The number of ketones is 1. The quantitative estimate of drug-likeness (QED) is 0.817. The summed E-state index contributed by atoms with van der Waals surface area (Å²) in [5, 5.41) is 1.68. The van der Waals surface area contributed by atoms with Crippen molar-refractivity contribution in [1.82, 2.24) is 4.57 Å². The molecule has 0 saturated carbocycles. The maximum Gasteiger partial charge on any atom is 0.307 e. The molecule has 0 amide bonds. The summed E-state index contributed by atoms with van der Waals surface area (Å²) in [6.45, 7) is 0.0882. The van der Waals surface area contributed by atoms with Crippen molar-refractivity contribution in [2.24, 2.45) is 0 Å². The molecule has 1 aromatic carbocycles. The lowest BCUT2D eigenvalue weighted by Crippen LogP contribution is -2.18. The van der Waals surface area contributed by atoms with E-state index in [4.69, 9.17) is 0 Å². The molecule has 0 aliphatic carbocycles. The zero-order valence-electron chi connectivity index (χ0n) is 8.22. The SMILES string of the molecule is O=C(Cn1ccsc1=O)c1ccccc1Br. The van der Waals surface area contributed by atoms with E-state index in [1.54, 1.807) is 23.7 Å². The predicted molar refractivity (Wildman–Crippen MR) is 67.1 cm³/mol. The van der Waals surface area contributed by atoms with Crippen LogP contribution in [0.15, 0.2) is 45.1 Å². The van der Waals surface area contributed by atoms with Crippen LogP contribution in [0.4, 0.5) is 0 Å². The minimum absolute atomic E-state index is 0.0759. The molecule has 1 heterocycles. The van der Waals surface area contributed by atoms with Gasteiger partial charge in [0.2, 0.25) is 0 Å². The van der Waals surface area contributed by atoms with Gasteiger partial charge < -0.3 is 0 Å². The lowest BCUT2D eigenvalue weighted by Gasteiger charge is -2.03. The van der Waals surface area contributed by atoms with Crippen LogP contribution in [0.5, 0.6) is 0 Å². The molecule has 2 rings (SSSR count). The van der Waals surface area contributed by atoms with Crippen molar-refractivity contribution < 1.29 is 4.79 Å². The van der Waals surface area contributed by atoms with E-state index in [1.165, 1.54) is 4.57 Å². The van der Waals surface area contributed by atoms with Gasteiger partial charge in [0.05, 0.1) is 6.54 Å². The lowest BCUT2D eigenvalue weighted by atomic mass is 10.1. The summed E-state index contributed by atoms with van der Waals surface area (Å²) in [5.41, 5.74) is 0.598. The van der Waals surface area contributed by atoms with E-state index in [2.05, 4.69) is 15.9 Å². The molecule has 0 N–H and O–H groups in total. The summed E-state index contributed by atoms with van der Waals surface area (Å²) in [5.74, 6) is -0.0759. The Labute approximate surface area is 104 Å². The second kappa shape index (κ2) is 4.76. The van der Waals surface area contributed by atoms with Gasteiger partial charge in [0.1, 0.15) is 0 Å². The van der Waals surface area contributed by atoms with Gasteiger partial charge in [-0.3, -0.25) is 14.2 Å². The van der Waals surface area contributed by atoms with Crippen molar-refractivity contribution in [2.45, 2.75) is 6.54 Å². The maximum atomic E-state index is 11.9. The Hall–Kier alpha value is -1.20. The number of Topliss-reactive ketones (excluding diaryl/α,β-unsaturated/α-hetero) is 1. The number of benzene rings is 1. The first kappa shape index (κ1) is 11.3. The van der Waals surface area contributed by atoms with Crippen molar-refractivity contribution in [3.63, 3.8) is 0 Å². The molecule has 82 valence electrons. The summed E-state index contributed by atoms with van der Waals surface area (Å²) < 4.78 is 2.16. The molecule has 0 bridgehead atoms. The first-order valence-electron chi connectivity index (χ1n) is 4.60. The molecule has 0 saturated heterocycles. The molecule has 16 heavy (non-hydrogen) atoms. The van der Waals surface area contributed by atoms with E-state index in [-0.39, 0.29) is 17.2 Å². The minimum Gasteiger partial charge on any atom is -0.298 e. The van der Waals surface area contributed by atoms with Crippen LogP contribution < -0.4 is 4.87 Å². The molecule has 0 aliphatic heterocycles. The van der Waals surface area contributed by atoms with E-state index in [9.17, 15) is 9.59 Å². The number of carbonyl (C=O) groups excluding carboxylic acids is 1. The number of halogens is 1. The van der Waals surface area contributed by atoms with Crippen LogP contribution in [0.1, 0.15) is 10.4 Å². The number of nitrogens with zero attached hydrogens (tertiary/aromatic N) is 1. The molecule has 5 heteroatoms. The van der Waals surface area contributed by atoms with Crippen molar-refractivity contribution in [3.05, 3.63) is 55.5 Å². The Bertz CT molecular complexity index is 573. The Morgan fingerprint density at radius 2 is 2.12 bits per heavy atom. The number of thiazole rings is 1. The van der Waals surface area contributed by atoms with Crippen LogP contribution >= 0.6 is 27.3 Å². The number of carbonyl (C=O) groups is 1. The zero-order chi connectivity index (χ0) is 11.5. The topological polar surface area (TPSA) is 39.1 Å². The summed E-state index contributed by atoms with van der Waals surface area (Å²) in [6.07, 6.45) is 1.63. The van der Waals surface area contributed by atoms with Crippen LogP contribution in [0, 0.1) is 0 Å². The van der Waals surface area contributed by atoms with Crippen LogP contribution in [0.25, 0.3) is 0 Å². The molecule has 3 nitrogen and oxygen atoms in total. The first-order chi connectivity index (χ1) is 7.68. The van der Waals surface area contributed by atoms with Crippen LogP contribution in [0.3, 0.4) is 0 Å². The van der Waals surface area contributed by atoms with Crippen molar-refractivity contribution in [1.29, 1.82) is 0 Å². The second-order valence-electron chi connectivity index (χ2n) is 3.20. The maximum absolute atomic E-state index is 11.9. The van der Waals surface area contributed by atoms with Crippen LogP contribution in [-0.4, -0.2) is 10.4 Å². The fourth-order valence-corrected chi connectivity index (χ4v) is 2.43. The normalized spacial score (nSPS) is 10.3. The van der Waals surface area contributed by atoms with E-state index < -0.39 is 0 Å². The standard InChI is InChI=1S/C11H8BrNO2S/c12-9-4-2-1-3-8(9)10(14)7-13-5-6-16-11(13)15/h1-6H,7H2. The Morgan fingerprint density at radius 1 is 1.38 bits per heavy atom. The molecule has 1 aromatic heterocycles. The van der Waals surface area contributed by atoms with Gasteiger partial charge in [-0.25, -0.2) is 0 Å². The predicted octanol–water partition coefficient (Wildman–Crippen LogP) is 2.56. The van der Waals surface area contributed by atoms with Gasteiger partial charge in [-0.05, 0) is 6.07 Å².